The zero-order valence-electron chi connectivity index (χ0n) is 8.33. The number of aliphatic hydroxyl groups is 2. The Morgan fingerprint density at radius 3 is 2.62 bits per heavy atom. The van der Waals surface area contributed by atoms with Crippen LogP contribution in [0.4, 0.5) is 0 Å². The van der Waals surface area contributed by atoms with Gasteiger partial charge in [-0.25, -0.2) is 0 Å². The van der Waals surface area contributed by atoms with Crippen molar-refractivity contribution < 1.29 is 10.2 Å². The molecule has 1 aliphatic rings. The van der Waals surface area contributed by atoms with E-state index in [9.17, 15) is 10.2 Å². The van der Waals surface area contributed by atoms with Crippen LogP contribution < -0.4 is 0 Å². The van der Waals surface area contributed by atoms with Crippen LogP contribution in [0.2, 0.25) is 0 Å². The van der Waals surface area contributed by atoms with Crippen LogP contribution in [-0.4, -0.2) is 21.9 Å². The van der Waals surface area contributed by atoms with Crippen molar-refractivity contribution in [1.29, 1.82) is 0 Å². The van der Waals surface area contributed by atoms with Gasteiger partial charge in [-0.1, -0.05) is 24.3 Å². The second-order valence-corrected chi connectivity index (χ2v) is 4.24. The van der Waals surface area contributed by atoms with Crippen molar-refractivity contribution in [2.45, 2.75) is 38.4 Å². The van der Waals surface area contributed by atoms with E-state index >= 15 is 0 Å². The quantitative estimate of drug-likeness (QED) is 0.681. The third-order valence-corrected chi connectivity index (χ3v) is 2.71. The standard InChI is InChI=1S/C11H18O2/c1-4-8-5-6-9(10(12)7-8)11(2,3)13/h4,7,9-10,12-13H,1,5-6H2,2-3H3/t9-,10-/m1/s1. The average Bonchev–Trinajstić information content (AvgIpc) is 2.01. The zero-order chi connectivity index (χ0) is 10.1. The molecule has 0 aliphatic heterocycles. The predicted molar refractivity (Wildman–Crippen MR) is 53.3 cm³/mol. The van der Waals surface area contributed by atoms with E-state index in [1.807, 2.05) is 0 Å². The van der Waals surface area contributed by atoms with Gasteiger partial charge in [0.1, 0.15) is 0 Å². The lowest BCUT2D eigenvalue weighted by Crippen LogP contribution is -2.40. The summed E-state index contributed by atoms with van der Waals surface area (Å²) in [6.07, 6.45) is 4.74. The van der Waals surface area contributed by atoms with E-state index in [0.717, 1.165) is 18.4 Å². The van der Waals surface area contributed by atoms with Crippen LogP contribution in [0.3, 0.4) is 0 Å². The molecule has 0 unspecified atom stereocenters. The third-order valence-electron chi connectivity index (χ3n) is 2.71. The molecule has 0 bridgehead atoms. The SMILES string of the molecule is C=CC1=C[C@@H](O)[C@H](C(C)(C)O)CC1. The maximum absolute atomic E-state index is 9.76. The molecule has 2 N–H and O–H groups in total. The topological polar surface area (TPSA) is 40.5 Å². The lowest BCUT2D eigenvalue weighted by Gasteiger charge is -2.35. The van der Waals surface area contributed by atoms with Gasteiger partial charge in [-0.05, 0) is 26.7 Å². The van der Waals surface area contributed by atoms with Crippen molar-refractivity contribution in [3.63, 3.8) is 0 Å². The van der Waals surface area contributed by atoms with Gasteiger partial charge in [0.15, 0.2) is 0 Å². The molecule has 1 aliphatic carbocycles. The molecule has 1 rings (SSSR count). The first-order chi connectivity index (χ1) is 5.95. The Bertz CT molecular complexity index is 223. The number of rotatable bonds is 2. The fraction of sp³-hybridized carbons (Fsp3) is 0.636. The van der Waals surface area contributed by atoms with Gasteiger partial charge < -0.3 is 10.2 Å². The van der Waals surface area contributed by atoms with Gasteiger partial charge in [0.05, 0.1) is 11.7 Å². The number of hydrogen-bond donors (Lipinski definition) is 2. The Hall–Kier alpha value is -0.600. The first-order valence-electron chi connectivity index (χ1n) is 4.68. The summed E-state index contributed by atoms with van der Waals surface area (Å²) in [5.41, 5.74) is 0.274. The second kappa shape index (κ2) is 3.64. The molecule has 2 nitrogen and oxygen atoms in total. The minimum atomic E-state index is -0.803. The molecule has 74 valence electrons. The predicted octanol–water partition coefficient (Wildman–Crippen LogP) is 1.64. The summed E-state index contributed by atoms with van der Waals surface area (Å²) in [5, 5.41) is 19.5. The van der Waals surface area contributed by atoms with Crippen molar-refractivity contribution in [3.05, 3.63) is 24.3 Å². The molecule has 2 heteroatoms. The van der Waals surface area contributed by atoms with Gasteiger partial charge in [-0.15, -0.1) is 0 Å². The molecule has 0 amide bonds. The highest BCUT2D eigenvalue weighted by Crippen LogP contribution is 2.32. The molecule has 0 fully saturated rings. The van der Waals surface area contributed by atoms with E-state index in [-0.39, 0.29) is 5.92 Å². The summed E-state index contributed by atoms with van der Waals surface area (Å²) in [6, 6.07) is 0. The van der Waals surface area contributed by atoms with Gasteiger partial charge in [0.2, 0.25) is 0 Å². The molecule has 0 spiro atoms. The molecule has 0 aromatic rings. The van der Waals surface area contributed by atoms with Crippen LogP contribution in [0.1, 0.15) is 26.7 Å². The maximum Gasteiger partial charge on any atom is 0.0782 e. The molecule has 0 aromatic heterocycles. The summed E-state index contributed by atoms with van der Waals surface area (Å²) in [6.45, 7) is 7.15. The van der Waals surface area contributed by atoms with Crippen LogP contribution >= 0.6 is 0 Å². The molecule has 2 atom stereocenters. The first kappa shape index (κ1) is 10.5. The molecule has 0 saturated carbocycles. The minimum Gasteiger partial charge on any atom is -0.390 e. The lowest BCUT2D eigenvalue weighted by molar-refractivity contribution is -0.0375. The third kappa shape index (κ3) is 2.42. The van der Waals surface area contributed by atoms with Gasteiger partial charge in [0.25, 0.3) is 0 Å². The summed E-state index contributed by atoms with van der Waals surface area (Å²) in [4.78, 5) is 0. The molecular weight excluding hydrogens is 164 g/mol. The van der Waals surface area contributed by atoms with Crippen molar-refractivity contribution in [3.8, 4) is 0 Å². The smallest absolute Gasteiger partial charge is 0.0782 e. The minimum absolute atomic E-state index is 0.0591. The molecule has 0 saturated heterocycles. The Morgan fingerprint density at radius 2 is 2.23 bits per heavy atom. The molecule has 13 heavy (non-hydrogen) atoms. The van der Waals surface area contributed by atoms with E-state index in [0.29, 0.717) is 0 Å². The van der Waals surface area contributed by atoms with Gasteiger partial charge >= 0.3 is 0 Å². The van der Waals surface area contributed by atoms with Crippen molar-refractivity contribution in [2.75, 3.05) is 0 Å². The fourth-order valence-electron chi connectivity index (χ4n) is 1.85. The number of aliphatic hydroxyl groups excluding tert-OH is 1. The number of allylic oxidation sites excluding steroid dienone is 2. The summed E-state index contributed by atoms with van der Waals surface area (Å²) >= 11 is 0. The van der Waals surface area contributed by atoms with E-state index in [1.165, 1.54) is 0 Å². The van der Waals surface area contributed by atoms with E-state index < -0.39 is 11.7 Å². The normalized spacial score (nSPS) is 29.7. The van der Waals surface area contributed by atoms with Crippen LogP contribution in [0.5, 0.6) is 0 Å². The van der Waals surface area contributed by atoms with Gasteiger partial charge in [-0.2, -0.15) is 0 Å². The Kier molecular flexibility index (Phi) is 2.94. The first-order valence-corrected chi connectivity index (χ1v) is 4.68. The molecule has 0 heterocycles. The second-order valence-electron chi connectivity index (χ2n) is 4.24. The summed E-state index contributed by atoms with van der Waals surface area (Å²) < 4.78 is 0. The highest BCUT2D eigenvalue weighted by atomic mass is 16.3. The van der Waals surface area contributed by atoms with Crippen molar-refractivity contribution in [2.24, 2.45) is 5.92 Å². The van der Waals surface area contributed by atoms with E-state index in [4.69, 9.17) is 0 Å². The van der Waals surface area contributed by atoms with E-state index in [2.05, 4.69) is 6.58 Å². The van der Waals surface area contributed by atoms with Crippen LogP contribution in [-0.2, 0) is 0 Å². The Balaban J connectivity index is 2.76. The van der Waals surface area contributed by atoms with Crippen LogP contribution in [0, 0.1) is 5.92 Å². The van der Waals surface area contributed by atoms with Crippen LogP contribution in [0.15, 0.2) is 24.3 Å². The van der Waals surface area contributed by atoms with Crippen molar-refractivity contribution >= 4 is 0 Å². The Morgan fingerprint density at radius 1 is 1.62 bits per heavy atom. The van der Waals surface area contributed by atoms with E-state index in [1.54, 1.807) is 26.0 Å². The molecular formula is C11H18O2. The number of hydrogen-bond acceptors (Lipinski definition) is 2. The Labute approximate surface area is 79.6 Å². The van der Waals surface area contributed by atoms with Gasteiger partial charge in [0, 0.05) is 5.92 Å². The lowest BCUT2D eigenvalue weighted by atomic mass is 9.78. The van der Waals surface area contributed by atoms with Gasteiger partial charge in [-0.3, -0.25) is 0 Å². The zero-order valence-corrected chi connectivity index (χ0v) is 8.33. The largest absolute Gasteiger partial charge is 0.390 e. The summed E-state index contributed by atoms with van der Waals surface area (Å²) in [7, 11) is 0. The molecule has 0 radical (unpaired) electrons. The highest BCUT2D eigenvalue weighted by molar-refractivity contribution is 5.21. The highest BCUT2D eigenvalue weighted by Gasteiger charge is 2.33. The molecule has 0 aromatic carbocycles. The fourth-order valence-corrected chi connectivity index (χ4v) is 1.85. The average molecular weight is 182 g/mol. The maximum atomic E-state index is 9.76. The van der Waals surface area contributed by atoms with Crippen LogP contribution in [0.25, 0.3) is 0 Å². The van der Waals surface area contributed by atoms with Crippen molar-refractivity contribution in [1.82, 2.24) is 0 Å². The summed E-state index contributed by atoms with van der Waals surface area (Å²) in [5.74, 6) is -0.0591. The monoisotopic (exact) mass is 182 g/mol.